The van der Waals surface area contributed by atoms with Crippen molar-refractivity contribution in [2.45, 2.75) is 18.8 Å². The summed E-state index contributed by atoms with van der Waals surface area (Å²) < 4.78 is 16.2. The lowest BCUT2D eigenvalue weighted by molar-refractivity contribution is -0.385. The molecule has 0 spiro atoms. The normalized spacial score (nSPS) is 16.2. The summed E-state index contributed by atoms with van der Waals surface area (Å²) in [4.78, 5) is 26.7. The number of carbonyl (C=O) groups is 1. The Hall–Kier alpha value is -3.47. The van der Waals surface area contributed by atoms with Crippen LogP contribution in [0, 0.1) is 10.1 Å². The van der Waals surface area contributed by atoms with Gasteiger partial charge in [0.05, 0.1) is 36.0 Å². The lowest BCUT2D eigenvalue weighted by atomic mass is 9.97. The quantitative estimate of drug-likeness (QED) is 0.416. The third-order valence-electron chi connectivity index (χ3n) is 5.16. The van der Waals surface area contributed by atoms with E-state index in [1.807, 2.05) is 17.5 Å². The molecule has 3 aromatic rings. The number of carbonyl (C=O) groups excluding carboxylic acids is 1. The van der Waals surface area contributed by atoms with Crippen LogP contribution >= 0.6 is 11.3 Å². The molecule has 11 heteroatoms. The van der Waals surface area contributed by atoms with E-state index in [0.717, 1.165) is 11.3 Å². The van der Waals surface area contributed by atoms with Gasteiger partial charge in [-0.2, -0.15) is 0 Å². The predicted molar refractivity (Wildman–Crippen MR) is 112 cm³/mol. The molecule has 1 saturated heterocycles. The molecule has 0 bridgehead atoms. The van der Waals surface area contributed by atoms with Crippen LogP contribution in [-0.2, 0) is 0 Å². The highest BCUT2D eigenvalue weighted by Crippen LogP contribution is 2.36. The van der Waals surface area contributed by atoms with Crippen LogP contribution in [0.25, 0.3) is 10.8 Å². The van der Waals surface area contributed by atoms with Crippen molar-refractivity contribution in [3.8, 4) is 22.3 Å². The number of amides is 1. The van der Waals surface area contributed by atoms with E-state index in [0.29, 0.717) is 31.3 Å². The number of thiophene rings is 1. The molecular formula is C20H20N4O6S. The second kappa shape index (κ2) is 8.72. The van der Waals surface area contributed by atoms with Crippen molar-refractivity contribution in [1.29, 1.82) is 0 Å². The Balaban J connectivity index is 1.59. The van der Waals surface area contributed by atoms with Crippen LogP contribution in [0.2, 0.25) is 0 Å². The molecule has 31 heavy (non-hydrogen) atoms. The summed E-state index contributed by atoms with van der Waals surface area (Å²) in [6, 6.07) is 6.36. The topological polar surface area (TPSA) is 121 Å². The van der Waals surface area contributed by atoms with E-state index in [1.165, 1.54) is 37.7 Å². The highest BCUT2D eigenvalue weighted by molar-refractivity contribution is 7.13. The maximum Gasteiger partial charge on any atom is 0.286 e. The summed E-state index contributed by atoms with van der Waals surface area (Å²) in [5.41, 5.74) is -0.379. The first-order valence-corrected chi connectivity index (χ1v) is 10.5. The maximum absolute atomic E-state index is 13.2. The molecule has 1 atom stereocenters. The van der Waals surface area contributed by atoms with Crippen LogP contribution in [0.3, 0.4) is 0 Å². The fourth-order valence-electron chi connectivity index (χ4n) is 3.62. The molecule has 1 fully saturated rings. The number of nitro benzene ring substituents is 1. The number of aromatic nitrogens is 2. The van der Waals surface area contributed by atoms with Crippen molar-refractivity contribution in [2.24, 2.45) is 0 Å². The Labute approximate surface area is 181 Å². The van der Waals surface area contributed by atoms with E-state index >= 15 is 0 Å². The van der Waals surface area contributed by atoms with Gasteiger partial charge in [0.2, 0.25) is 5.89 Å². The Kier molecular flexibility index (Phi) is 5.85. The average Bonchev–Trinajstić information content (AvgIpc) is 3.49. The minimum Gasteiger partial charge on any atom is -0.493 e. The van der Waals surface area contributed by atoms with E-state index in [2.05, 4.69) is 10.2 Å². The molecule has 3 heterocycles. The standard InChI is InChI=1S/C20H20N4O6S/c1-28-15-9-13(14(24(26)27)10-16(15)29-2)20(25)23-7-3-5-12(11-23)18-21-22-19(30-18)17-6-4-8-31-17/h4,6,8-10,12H,3,5,7,11H2,1-2H3. The first-order chi connectivity index (χ1) is 15.0. The van der Waals surface area contributed by atoms with Crippen LogP contribution in [0.15, 0.2) is 34.1 Å². The highest BCUT2D eigenvalue weighted by atomic mass is 32.1. The number of nitrogens with zero attached hydrogens (tertiary/aromatic N) is 4. The molecule has 2 aromatic heterocycles. The molecular weight excluding hydrogens is 424 g/mol. The van der Waals surface area contributed by atoms with Crippen LogP contribution in [0.5, 0.6) is 11.5 Å². The number of likely N-dealkylation sites (tertiary alicyclic amines) is 1. The lowest BCUT2D eigenvalue weighted by Gasteiger charge is -2.31. The molecule has 1 amide bonds. The summed E-state index contributed by atoms with van der Waals surface area (Å²) in [6.07, 6.45) is 1.50. The maximum atomic E-state index is 13.2. The fraction of sp³-hybridized carbons (Fsp3) is 0.350. The van der Waals surface area contributed by atoms with Crippen LogP contribution in [0.4, 0.5) is 5.69 Å². The summed E-state index contributed by atoms with van der Waals surface area (Å²) in [6.45, 7) is 0.809. The van der Waals surface area contributed by atoms with E-state index in [9.17, 15) is 14.9 Å². The molecule has 10 nitrogen and oxygen atoms in total. The van der Waals surface area contributed by atoms with Crippen molar-refractivity contribution in [2.75, 3.05) is 27.3 Å². The van der Waals surface area contributed by atoms with Gasteiger partial charge in [-0.05, 0) is 24.3 Å². The smallest absolute Gasteiger partial charge is 0.286 e. The molecule has 0 saturated carbocycles. The van der Waals surface area contributed by atoms with Crippen molar-refractivity contribution in [1.82, 2.24) is 15.1 Å². The van der Waals surface area contributed by atoms with Crippen LogP contribution < -0.4 is 9.47 Å². The van der Waals surface area contributed by atoms with Gasteiger partial charge in [0.15, 0.2) is 11.5 Å². The molecule has 1 aliphatic heterocycles. The van der Waals surface area contributed by atoms with E-state index in [1.54, 1.807) is 4.90 Å². The van der Waals surface area contributed by atoms with Gasteiger partial charge in [0, 0.05) is 19.2 Å². The molecule has 0 radical (unpaired) electrons. The van der Waals surface area contributed by atoms with Gasteiger partial charge in [-0.1, -0.05) is 6.07 Å². The SMILES string of the molecule is COc1cc(C(=O)N2CCCC(c3nnc(-c4cccs4)o3)C2)c([N+](=O)[O-])cc1OC. The van der Waals surface area contributed by atoms with Gasteiger partial charge >= 0.3 is 0 Å². The Morgan fingerprint density at radius 2 is 2.06 bits per heavy atom. The number of benzene rings is 1. The van der Waals surface area contributed by atoms with Gasteiger partial charge in [-0.3, -0.25) is 14.9 Å². The lowest BCUT2D eigenvalue weighted by Crippen LogP contribution is -2.39. The van der Waals surface area contributed by atoms with Crippen molar-refractivity contribution < 1.29 is 23.6 Å². The van der Waals surface area contributed by atoms with Crippen molar-refractivity contribution in [3.05, 3.63) is 51.2 Å². The van der Waals surface area contributed by atoms with Crippen molar-refractivity contribution >= 4 is 22.9 Å². The molecule has 1 unspecified atom stereocenters. The molecule has 162 valence electrons. The number of ether oxygens (including phenoxy) is 2. The zero-order chi connectivity index (χ0) is 22.0. The monoisotopic (exact) mass is 444 g/mol. The summed E-state index contributed by atoms with van der Waals surface area (Å²) in [7, 11) is 2.79. The summed E-state index contributed by atoms with van der Waals surface area (Å²) in [5.74, 6) is 0.761. The summed E-state index contributed by atoms with van der Waals surface area (Å²) >= 11 is 1.50. The zero-order valence-electron chi connectivity index (χ0n) is 16.9. The highest BCUT2D eigenvalue weighted by Gasteiger charge is 2.33. The number of rotatable bonds is 6. The minimum atomic E-state index is -0.595. The third-order valence-corrected chi connectivity index (χ3v) is 6.02. The van der Waals surface area contributed by atoms with Crippen molar-refractivity contribution in [3.63, 3.8) is 0 Å². The average molecular weight is 444 g/mol. The molecule has 1 aliphatic rings. The number of nitro groups is 1. The second-order valence-electron chi connectivity index (χ2n) is 6.99. The Morgan fingerprint density at radius 3 is 2.74 bits per heavy atom. The van der Waals surface area contributed by atoms with Crippen LogP contribution in [0.1, 0.15) is 35.0 Å². The van der Waals surface area contributed by atoms with Gasteiger partial charge < -0.3 is 18.8 Å². The predicted octanol–water partition coefficient (Wildman–Crippen LogP) is 3.74. The number of hydrogen-bond acceptors (Lipinski definition) is 9. The fourth-order valence-corrected chi connectivity index (χ4v) is 4.27. The van der Waals surface area contributed by atoms with Gasteiger partial charge in [0.1, 0.15) is 5.56 Å². The van der Waals surface area contributed by atoms with E-state index in [-0.39, 0.29) is 28.7 Å². The first kappa shape index (κ1) is 20.8. The molecule has 0 aliphatic carbocycles. The molecule has 4 rings (SSSR count). The second-order valence-corrected chi connectivity index (χ2v) is 7.94. The Bertz CT molecular complexity index is 1100. The number of hydrogen-bond donors (Lipinski definition) is 0. The first-order valence-electron chi connectivity index (χ1n) is 9.58. The van der Waals surface area contributed by atoms with E-state index < -0.39 is 10.8 Å². The third kappa shape index (κ3) is 4.08. The van der Waals surface area contributed by atoms with E-state index in [4.69, 9.17) is 13.9 Å². The summed E-state index contributed by atoms with van der Waals surface area (Å²) in [5, 5.41) is 21.8. The zero-order valence-corrected chi connectivity index (χ0v) is 17.8. The Morgan fingerprint density at radius 1 is 1.29 bits per heavy atom. The molecule has 0 N–H and O–H groups in total. The minimum absolute atomic E-state index is 0.0481. The van der Waals surface area contributed by atoms with Gasteiger partial charge in [0.25, 0.3) is 17.5 Å². The number of piperidine rings is 1. The number of methoxy groups -OCH3 is 2. The van der Waals surface area contributed by atoms with Crippen LogP contribution in [-0.4, -0.2) is 53.2 Å². The van der Waals surface area contributed by atoms with Gasteiger partial charge in [-0.25, -0.2) is 0 Å². The van der Waals surface area contributed by atoms with Gasteiger partial charge in [-0.15, -0.1) is 21.5 Å². The largest absolute Gasteiger partial charge is 0.493 e. The molecule has 1 aromatic carbocycles.